The highest BCUT2D eigenvalue weighted by molar-refractivity contribution is 5.83. The Kier molecular flexibility index (Phi) is 2.87. The van der Waals surface area contributed by atoms with Gasteiger partial charge in [-0.2, -0.15) is 0 Å². The van der Waals surface area contributed by atoms with Crippen molar-refractivity contribution in [2.24, 2.45) is 0 Å². The first-order chi connectivity index (χ1) is 9.46. The highest BCUT2D eigenvalue weighted by Gasteiger charge is 2.54. The third-order valence-corrected chi connectivity index (χ3v) is 3.53. The van der Waals surface area contributed by atoms with Crippen LogP contribution in [0.25, 0.3) is 11.1 Å². The Hall–Kier alpha value is -1.81. The van der Waals surface area contributed by atoms with Crippen LogP contribution in [0.3, 0.4) is 0 Å². The van der Waals surface area contributed by atoms with E-state index in [1.54, 1.807) is 0 Å². The minimum Gasteiger partial charge on any atom is -0.394 e. The zero-order chi connectivity index (χ0) is 14.5. The van der Waals surface area contributed by atoms with E-state index in [9.17, 15) is 10.2 Å². The molecule has 3 rings (SSSR count). The third kappa shape index (κ3) is 1.68. The number of aliphatic hydroxyl groups excluding tert-OH is 2. The number of hydrogen-bond acceptors (Lipinski definition) is 9. The molecule has 2 aromatic heterocycles. The zero-order valence-corrected chi connectivity index (χ0v) is 10.6. The summed E-state index contributed by atoms with van der Waals surface area (Å²) in [6, 6.07) is 0. The summed E-state index contributed by atoms with van der Waals surface area (Å²) >= 11 is 0. The van der Waals surface area contributed by atoms with E-state index in [-0.39, 0.29) is 17.1 Å². The highest BCUT2D eigenvalue weighted by atomic mass is 16.6. The summed E-state index contributed by atoms with van der Waals surface area (Å²) in [6.45, 7) is 0.962. The summed E-state index contributed by atoms with van der Waals surface area (Å²) in [5.41, 5.74) is 4.68. The molecule has 9 heteroatoms. The molecule has 1 fully saturated rings. The summed E-state index contributed by atoms with van der Waals surface area (Å²) in [7, 11) is 0. The number of nitrogen functional groups attached to an aromatic ring is 1. The quantitative estimate of drug-likeness (QED) is 0.529. The second-order valence-corrected chi connectivity index (χ2v) is 4.91. The van der Waals surface area contributed by atoms with Gasteiger partial charge in [0.15, 0.2) is 5.82 Å². The molecule has 0 amide bonds. The molecule has 0 saturated carbocycles. The first-order valence-electron chi connectivity index (χ1n) is 5.99. The van der Waals surface area contributed by atoms with Gasteiger partial charge in [0.25, 0.3) is 0 Å². The summed E-state index contributed by atoms with van der Waals surface area (Å²) in [6.07, 6.45) is -1.93. The number of aromatic nitrogens is 3. The Morgan fingerprint density at radius 3 is 2.85 bits per heavy atom. The van der Waals surface area contributed by atoms with Gasteiger partial charge < -0.3 is 30.3 Å². The molecule has 0 aromatic carbocycles. The molecule has 0 aliphatic carbocycles. The molecule has 0 bridgehead atoms. The molecule has 0 spiro atoms. The van der Waals surface area contributed by atoms with Gasteiger partial charge in [-0.15, -0.1) is 0 Å². The Bertz CT molecular complexity index is 643. The summed E-state index contributed by atoms with van der Waals surface area (Å²) in [4.78, 5) is 7.78. The molecular weight excluding hydrogens is 268 g/mol. The van der Waals surface area contributed by atoms with Gasteiger partial charge in [0.05, 0.1) is 6.61 Å². The largest absolute Gasteiger partial charge is 0.394 e. The third-order valence-electron chi connectivity index (χ3n) is 3.53. The fourth-order valence-corrected chi connectivity index (χ4v) is 2.37. The fourth-order valence-electron chi connectivity index (χ4n) is 2.37. The van der Waals surface area contributed by atoms with Gasteiger partial charge >= 0.3 is 0 Å². The lowest BCUT2D eigenvalue weighted by molar-refractivity contribution is -0.0663. The van der Waals surface area contributed by atoms with Crippen LogP contribution in [-0.4, -0.2) is 54.9 Å². The predicted molar refractivity (Wildman–Crippen MR) is 65.3 cm³/mol. The molecule has 5 N–H and O–H groups in total. The van der Waals surface area contributed by atoms with Crippen LogP contribution in [-0.2, 0) is 4.74 Å². The van der Waals surface area contributed by atoms with E-state index in [2.05, 4.69) is 15.1 Å². The molecule has 9 nitrogen and oxygen atoms in total. The standard InChI is InChI=1S/C11H14N4O5/c1-11(18)8(17)4(2-16)19-9(11)6-5-7(20-15-6)10(12)14-3-13-5/h3-4,8-9,16-18H,2H2,1H3,(H2,12,13,14). The van der Waals surface area contributed by atoms with E-state index in [0.717, 1.165) is 0 Å². The van der Waals surface area contributed by atoms with Crippen LogP contribution >= 0.6 is 0 Å². The van der Waals surface area contributed by atoms with Crippen molar-refractivity contribution in [1.82, 2.24) is 15.1 Å². The van der Waals surface area contributed by atoms with Crippen LogP contribution in [0.4, 0.5) is 5.82 Å². The molecule has 0 radical (unpaired) electrons. The minimum absolute atomic E-state index is 0.116. The molecule has 1 aliphatic heterocycles. The van der Waals surface area contributed by atoms with Gasteiger partial charge in [-0.3, -0.25) is 0 Å². The minimum atomic E-state index is -1.64. The maximum absolute atomic E-state index is 10.4. The van der Waals surface area contributed by atoms with Crippen LogP contribution in [0.15, 0.2) is 10.9 Å². The number of aliphatic hydroxyl groups is 3. The number of nitrogens with two attached hydrogens (primary N) is 1. The van der Waals surface area contributed by atoms with E-state index in [0.29, 0.717) is 5.52 Å². The predicted octanol–water partition coefficient (Wildman–Crippen LogP) is -1.26. The highest BCUT2D eigenvalue weighted by Crippen LogP contribution is 2.42. The number of nitrogens with zero attached hydrogens (tertiary/aromatic N) is 3. The Morgan fingerprint density at radius 1 is 1.45 bits per heavy atom. The molecule has 1 aliphatic rings. The average molecular weight is 282 g/mol. The molecule has 3 heterocycles. The fraction of sp³-hybridized carbons (Fsp3) is 0.545. The molecule has 2 aromatic rings. The van der Waals surface area contributed by atoms with Gasteiger partial charge in [-0.05, 0) is 6.92 Å². The Labute approximate surface area is 113 Å². The topological polar surface area (TPSA) is 148 Å². The van der Waals surface area contributed by atoms with Crippen molar-refractivity contribution >= 4 is 16.9 Å². The van der Waals surface area contributed by atoms with E-state index in [1.165, 1.54) is 13.3 Å². The van der Waals surface area contributed by atoms with E-state index >= 15 is 0 Å². The molecule has 4 unspecified atom stereocenters. The number of ether oxygens (including phenoxy) is 1. The Balaban J connectivity index is 2.10. The van der Waals surface area contributed by atoms with Crippen molar-refractivity contribution in [3.05, 3.63) is 12.0 Å². The normalized spacial score (nSPS) is 33.9. The van der Waals surface area contributed by atoms with Crippen LogP contribution in [0.1, 0.15) is 18.7 Å². The number of fused-ring (bicyclic) bond motifs is 1. The smallest absolute Gasteiger partial charge is 0.227 e. The summed E-state index contributed by atoms with van der Waals surface area (Å²) in [5.74, 6) is 0.116. The number of hydrogen-bond donors (Lipinski definition) is 4. The first kappa shape index (κ1) is 13.2. The second-order valence-electron chi connectivity index (χ2n) is 4.91. The summed E-state index contributed by atoms with van der Waals surface area (Å²) < 4.78 is 10.5. The van der Waals surface area contributed by atoms with Gasteiger partial charge in [-0.25, -0.2) is 9.97 Å². The lowest BCUT2D eigenvalue weighted by Crippen LogP contribution is -2.43. The summed E-state index contributed by atoms with van der Waals surface area (Å²) in [5, 5.41) is 33.3. The zero-order valence-electron chi connectivity index (χ0n) is 10.6. The maximum Gasteiger partial charge on any atom is 0.227 e. The Morgan fingerprint density at radius 2 is 2.20 bits per heavy atom. The molecule has 1 saturated heterocycles. The number of rotatable bonds is 2. The van der Waals surface area contributed by atoms with Crippen molar-refractivity contribution in [3.63, 3.8) is 0 Å². The van der Waals surface area contributed by atoms with Gasteiger partial charge in [0.2, 0.25) is 5.58 Å². The molecule has 108 valence electrons. The van der Waals surface area contributed by atoms with Crippen LogP contribution in [0.2, 0.25) is 0 Å². The lowest BCUT2D eigenvalue weighted by Gasteiger charge is -2.25. The molecular formula is C11H14N4O5. The monoisotopic (exact) mass is 282 g/mol. The van der Waals surface area contributed by atoms with E-state index < -0.39 is 30.5 Å². The lowest BCUT2D eigenvalue weighted by atomic mass is 9.91. The van der Waals surface area contributed by atoms with E-state index in [4.69, 9.17) is 20.1 Å². The van der Waals surface area contributed by atoms with Gasteiger partial charge in [0.1, 0.15) is 41.5 Å². The van der Waals surface area contributed by atoms with Crippen molar-refractivity contribution in [2.45, 2.75) is 30.8 Å². The van der Waals surface area contributed by atoms with Crippen molar-refractivity contribution in [2.75, 3.05) is 12.3 Å². The van der Waals surface area contributed by atoms with E-state index in [1.807, 2.05) is 0 Å². The van der Waals surface area contributed by atoms with Crippen molar-refractivity contribution < 1.29 is 24.6 Å². The van der Waals surface area contributed by atoms with Crippen LogP contribution in [0.5, 0.6) is 0 Å². The average Bonchev–Trinajstić information content (AvgIpc) is 2.92. The van der Waals surface area contributed by atoms with Crippen molar-refractivity contribution in [1.29, 1.82) is 0 Å². The second kappa shape index (κ2) is 4.35. The van der Waals surface area contributed by atoms with Gasteiger partial charge in [0, 0.05) is 0 Å². The molecule has 20 heavy (non-hydrogen) atoms. The van der Waals surface area contributed by atoms with Crippen LogP contribution in [0, 0.1) is 0 Å². The van der Waals surface area contributed by atoms with Gasteiger partial charge in [-0.1, -0.05) is 5.16 Å². The first-order valence-corrected chi connectivity index (χ1v) is 5.99. The maximum atomic E-state index is 10.4. The number of anilines is 1. The van der Waals surface area contributed by atoms with Crippen molar-refractivity contribution in [3.8, 4) is 0 Å². The molecule has 4 atom stereocenters. The SMILES string of the molecule is CC1(O)C(c2noc3c(N)ncnc23)OC(CO)C1O. The van der Waals surface area contributed by atoms with Crippen LogP contribution < -0.4 is 5.73 Å².